The molecule has 0 aliphatic carbocycles. The fourth-order valence-corrected chi connectivity index (χ4v) is 2.32. The summed E-state index contributed by atoms with van der Waals surface area (Å²) in [6.45, 7) is 2.10. The van der Waals surface area contributed by atoms with E-state index in [1.807, 2.05) is 12.3 Å². The molecule has 2 heterocycles. The number of nitrogens with two attached hydrogens (primary N) is 1. The van der Waals surface area contributed by atoms with Gasteiger partial charge in [0.25, 0.3) is 0 Å². The van der Waals surface area contributed by atoms with Gasteiger partial charge in [-0.25, -0.2) is 9.97 Å². The second-order valence-electron chi connectivity index (χ2n) is 4.09. The molecule has 2 aromatic heterocycles. The van der Waals surface area contributed by atoms with Gasteiger partial charge >= 0.3 is 0 Å². The average molecular weight is 247 g/mol. The molecule has 90 valence electrons. The lowest BCUT2D eigenvalue weighted by molar-refractivity contribution is 0.633. The SMILES string of the molecule is CCC(N)Cc1ccnc(Cc2cccs2)n1. The molecule has 4 heteroatoms. The van der Waals surface area contributed by atoms with Gasteiger partial charge in [-0.05, 0) is 23.9 Å². The minimum absolute atomic E-state index is 0.194. The van der Waals surface area contributed by atoms with E-state index in [4.69, 9.17) is 5.73 Å². The number of hydrogen-bond acceptors (Lipinski definition) is 4. The molecular weight excluding hydrogens is 230 g/mol. The highest BCUT2D eigenvalue weighted by atomic mass is 32.1. The van der Waals surface area contributed by atoms with Crippen LogP contribution in [0.2, 0.25) is 0 Å². The molecule has 2 N–H and O–H groups in total. The lowest BCUT2D eigenvalue weighted by Gasteiger charge is -2.08. The fourth-order valence-electron chi connectivity index (χ4n) is 1.62. The van der Waals surface area contributed by atoms with Gasteiger partial charge in [-0.2, -0.15) is 0 Å². The van der Waals surface area contributed by atoms with Crippen LogP contribution in [0.1, 0.15) is 29.7 Å². The zero-order chi connectivity index (χ0) is 12.1. The molecule has 0 bridgehead atoms. The lowest BCUT2D eigenvalue weighted by Crippen LogP contribution is -2.22. The molecule has 0 aliphatic heterocycles. The zero-order valence-electron chi connectivity index (χ0n) is 9.97. The second-order valence-corrected chi connectivity index (χ2v) is 5.13. The van der Waals surface area contributed by atoms with Crippen molar-refractivity contribution >= 4 is 11.3 Å². The van der Waals surface area contributed by atoms with Crippen LogP contribution in [0.5, 0.6) is 0 Å². The summed E-state index contributed by atoms with van der Waals surface area (Å²) < 4.78 is 0. The Morgan fingerprint density at radius 2 is 2.29 bits per heavy atom. The van der Waals surface area contributed by atoms with E-state index in [0.717, 1.165) is 30.8 Å². The van der Waals surface area contributed by atoms with Crippen molar-refractivity contribution in [3.05, 3.63) is 46.2 Å². The summed E-state index contributed by atoms with van der Waals surface area (Å²) in [5.41, 5.74) is 6.98. The van der Waals surface area contributed by atoms with Gasteiger partial charge in [0.15, 0.2) is 0 Å². The molecule has 0 spiro atoms. The largest absolute Gasteiger partial charge is 0.327 e. The summed E-state index contributed by atoms with van der Waals surface area (Å²) in [4.78, 5) is 10.1. The van der Waals surface area contributed by atoms with Gasteiger partial charge in [-0.15, -0.1) is 11.3 Å². The minimum atomic E-state index is 0.194. The Morgan fingerprint density at radius 1 is 1.41 bits per heavy atom. The monoisotopic (exact) mass is 247 g/mol. The molecule has 0 radical (unpaired) electrons. The molecule has 17 heavy (non-hydrogen) atoms. The number of rotatable bonds is 5. The quantitative estimate of drug-likeness (QED) is 0.882. The molecule has 0 fully saturated rings. The number of nitrogens with zero attached hydrogens (tertiary/aromatic N) is 2. The van der Waals surface area contributed by atoms with Crippen molar-refractivity contribution in [3.8, 4) is 0 Å². The van der Waals surface area contributed by atoms with E-state index in [1.165, 1.54) is 4.88 Å². The first kappa shape index (κ1) is 12.2. The van der Waals surface area contributed by atoms with Crippen molar-refractivity contribution in [2.45, 2.75) is 32.2 Å². The fraction of sp³-hybridized carbons (Fsp3) is 0.385. The van der Waals surface area contributed by atoms with Gasteiger partial charge in [-0.1, -0.05) is 13.0 Å². The Balaban J connectivity index is 2.06. The highest BCUT2D eigenvalue weighted by Gasteiger charge is 2.05. The highest BCUT2D eigenvalue weighted by molar-refractivity contribution is 7.09. The third-order valence-corrected chi connectivity index (χ3v) is 3.55. The molecule has 3 nitrogen and oxygen atoms in total. The molecule has 0 saturated carbocycles. The molecule has 1 atom stereocenters. The minimum Gasteiger partial charge on any atom is -0.327 e. The van der Waals surface area contributed by atoms with Crippen LogP contribution >= 0.6 is 11.3 Å². The summed E-state index contributed by atoms with van der Waals surface area (Å²) in [6, 6.07) is 6.31. The van der Waals surface area contributed by atoms with Crippen LogP contribution in [0.15, 0.2) is 29.8 Å². The van der Waals surface area contributed by atoms with E-state index in [0.29, 0.717) is 0 Å². The third kappa shape index (κ3) is 3.61. The van der Waals surface area contributed by atoms with Gasteiger partial charge in [0.1, 0.15) is 5.82 Å². The van der Waals surface area contributed by atoms with Crippen LogP contribution in [0.3, 0.4) is 0 Å². The average Bonchev–Trinajstić information content (AvgIpc) is 2.82. The molecular formula is C13H17N3S. The summed E-state index contributed by atoms with van der Waals surface area (Å²) >= 11 is 1.74. The Morgan fingerprint density at radius 3 is 3.00 bits per heavy atom. The molecule has 2 rings (SSSR count). The summed E-state index contributed by atoms with van der Waals surface area (Å²) in [5, 5.41) is 2.08. The molecule has 2 aromatic rings. The van der Waals surface area contributed by atoms with Crippen LogP contribution in [-0.2, 0) is 12.8 Å². The van der Waals surface area contributed by atoms with E-state index >= 15 is 0 Å². The van der Waals surface area contributed by atoms with E-state index in [2.05, 4.69) is 34.4 Å². The van der Waals surface area contributed by atoms with Crippen LogP contribution in [0.4, 0.5) is 0 Å². The van der Waals surface area contributed by atoms with Crippen LogP contribution in [0.25, 0.3) is 0 Å². The van der Waals surface area contributed by atoms with Gasteiger partial charge in [0, 0.05) is 35.7 Å². The highest BCUT2D eigenvalue weighted by Crippen LogP contribution is 2.12. The molecule has 0 saturated heterocycles. The van der Waals surface area contributed by atoms with Crippen LogP contribution < -0.4 is 5.73 Å². The van der Waals surface area contributed by atoms with Gasteiger partial charge in [0.05, 0.1) is 0 Å². The molecule has 0 aromatic carbocycles. The van der Waals surface area contributed by atoms with E-state index in [-0.39, 0.29) is 6.04 Å². The first-order valence-electron chi connectivity index (χ1n) is 5.86. The molecule has 0 aliphatic rings. The maximum atomic E-state index is 5.93. The van der Waals surface area contributed by atoms with Crippen LogP contribution in [0, 0.1) is 0 Å². The van der Waals surface area contributed by atoms with Crippen molar-refractivity contribution in [2.24, 2.45) is 5.73 Å². The maximum Gasteiger partial charge on any atom is 0.133 e. The Labute approximate surface area is 106 Å². The normalized spacial score (nSPS) is 12.6. The zero-order valence-corrected chi connectivity index (χ0v) is 10.8. The third-order valence-electron chi connectivity index (χ3n) is 2.67. The summed E-state index contributed by atoms with van der Waals surface area (Å²) in [7, 11) is 0. The Kier molecular flexibility index (Phi) is 4.23. The van der Waals surface area contributed by atoms with Crippen molar-refractivity contribution in [1.29, 1.82) is 0 Å². The summed E-state index contributed by atoms with van der Waals surface area (Å²) in [5.74, 6) is 0.883. The first-order chi connectivity index (χ1) is 8.28. The van der Waals surface area contributed by atoms with Gasteiger partial charge in [-0.3, -0.25) is 0 Å². The van der Waals surface area contributed by atoms with E-state index in [9.17, 15) is 0 Å². The smallest absolute Gasteiger partial charge is 0.133 e. The predicted octanol–water partition coefficient (Wildman–Crippen LogP) is 2.41. The summed E-state index contributed by atoms with van der Waals surface area (Å²) in [6.07, 6.45) is 4.45. The predicted molar refractivity (Wildman–Crippen MR) is 71.1 cm³/mol. The standard InChI is InChI=1S/C13H17N3S/c1-2-10(14)8-11-5-6-15-13(16-11)9-12-4-3-7-17-12/h3-7,10H,2,8-9,14H2,1H3. The van der Waals surface area contributed by atoms with Gasteiger partial charge in [0.2, 0.25) is 0 Å². The molecule has 1 unspecified atom stereocenters. The topological polar surface area (TPSA) is 51.8 Å². The number of hydrogen-bond donors (Lipinski definition) is 1. The van der Waals surface area contributed by atoms with Crippen molar-refractivity contribution in [3.63, 3.8) is 0 Å². The van der Waals surface area contributed by atoms with Crippen molar-refractivity contribution in [1.82, 2.24) is 9.97 Å². The van der Waals surface area contributed by atoms with E-state index < -0.39 is 0 Å². The maximum absolute atomic E-state index is 5.93. The van der Waals surface area contributed by atoms with Crippen molar-refractivity contribution in [2.75, 3.05) is 0 Å². The Hall–Kier alpha value is -1.26. The van der Waals surface area contributed by atoms with Gasteiger partial charge < -0.3 is 5.73 Å². The number of thiophene rings is 1. The van der Waals surface area contributed by atoms with Crippen molar-refractivity contribution < 1.29 is 0 Å². The first-order valence-corrected chi connectivity index (χ1v) is 6.74. The second kappa shape index (κ2) is 5.89. The Bertz CT molecular complexity index is 453. The molecule has 0 amide bonds. The number of aromatic nitrogens is 2. The van der Waals surface area contributed by atoms with E-state index in [1.54, 1.807) is 11.3 Å². The van der Waals surface area contributed by atoms with Crippen LogP contribution in [-0.4, -0.2) is 16.0 Å². The lowest BCUT2D eigenvalue weighted by atomic mass is 10.1.